The number of piperidine rings is 1. The van der Waals surface area contributed by atoms with Crippen molar-refractivity contribution in [2.45, 2.75) is 38.6 Å². The van der Waals surface area contributed by atoms with E-state index in [1.54, 1.807) is 0 Å². The van der Waals surface area contributed by atoms with Crippen LogP contribution in [-0.2, 0) is 6.54 Å². The minimum absolute atomic E-state index is 0.546. The molecule has 0 aliphatic carbocycles. The molecule has 3 nitrogen and oxygen atoms in total. The van der Waals surface area contributed by atoms with Crippen LogP contribution < -0.4 is 10.5 Å². The maximum Gasteiger partial charge on any atom is 0.123 e. The predicted octanol–water partition coefficient (Wildman–Crippen LogP) is 2.79. The molecular formula is C16H26N2O. The number of ether oxygens (including phenoxy) is 1. The van der Waals surface area contributed by atoms with Crippen LogP contribution in [0.2, 0.25) is 0 Å². The van der Waals surface area contributed by atoms with Gasteiger partial charge >= 0.3 is 0 Å². The van der Waals surface area contributed by atoms with Gasteiger partial charge in [0, 0.05) is 12.1 Å². The molecule has 1 fully saturated rings. The van der Waals surface area contributed by atoms with Gasteiger partial charge in [-0.05, 0) is 51.4 Å². The van der Waals surface area contributed by atoms with Gasteiger partial charge in [0.05, 0.1) is 6.61 Å². The average Bonchev–Trinajstić information content (AvgIpc) is 2.48. The second kappa shape index (κ2) is 8.18. The summed E-state index contributed by atoms with van der Waals surface area (Å²) in [6.07, 6.45) is 6.51. The molecule has 0 spiro atoms. The van der Waals surface area contributed by atoms with Gasteiger partial charge in [0.1, 0.15) is 5.75 Å². The first kappa shape index (κ1) is 14.4. The lowest BCUT2D eigenvalue weighted by atomic mass is 10.1. The number of nitrogens with zero attached hydrogens (tertiary/aromatic N) is 1. The number of hydrogen-bond donors (Lipinski definition) is 1. The first-order chi connectivity index (χ1) is 9.40. The topological polar surface area (TPSA) is 38.5 Å². The van der Waals surface area contributed by atoms with Gasteiger partial charge in [-0.2, -0.15) is 0 Å². The van der Waals surface area contributed by atoms with Crippen molar-refractivity contribution >= 4 is 0 Å². The molecule has 0 amide bonds. The Kier molecular flexibility index (Phi) is 6.18. The summed E-state index contributed by atoms with van der Waals surface area (Å²) in [5.41, 5.74) is 6.79. The molecule has 0 bridgehead atoms. The van der Waals surface area contributed by atoms with E-state index in [9.17, 15) is 0 Å². The second-order valence-corrected chi connectivity index (χ2v) is 5.27. The molecule has 1 aromatic carbocycles. The summed E-state index contributed by atoms with van der Waals surface area (Å²) in [5, 5.41) is 0. The summed E-state index contributed by atoms with van der Waals surface area (Å²) in [5.74, 6) is 0.947. The highest BCUT2D eigenvalue weighted by Gasteiger charge is 2.08. The van der Waals surface area contributed by atoms with Gasteiger partial charge in [-0.15, -0.1) is 0 Å². The van der Waals surface area contributed by atoms with E-state index in [0.29, 0.717) is 6.54 Å². The third-order valence-corrected chi connectivity index (χ3v) is 3.77. The van der Waals surface area contributed by atoms with Gasteiger partial charge in [0.15, 0.2) is 0 Å². The van der Waals surface area contributed by atoms with Gasteiger partial charge < -0.3 is 15.4 Å². The molecular weight excluding hydrogens is 236 g/mol. The van der Waals surface area contributed by atoms with Crippen molar-refractivity contribution < 1.29 is 4.74 Å². The largest absolute Gasteiger partial charge is 0.493 e. The van der Waals surface area contributed by atoms with Crippen LogP contribution >= 0.6 is 0 Å². The van der Waals surface area contributed by atoms with E-state index >= 15 is 0 Å². The van der Waals surface area contributed by atoms with Gasteiger partial charge in [0.25, 0.3) is 0 Å². The number of likely N-dealkylation sites (tertiary alicyclic amines) is 1. The molecule has 0 radical (unpaired) electrons. The number of unbranched alkanes of at least 4 members (excludes halogenated alkanes) is 1. The summed E-state index contributed by atoms with van der Waals surface area (Å²) in [6, 6.07) is 8.05. The molecule has 0 unspecified atom stereocenters. The van der Waals surface area contributed by atoms with Crippen molar-refractivity contribution in [1.82, 2.24) is 4.90 Å². The van der Waals surface area contributed by atoms with Crippen molar-refractivity contribution in [3.05, 3.63) is 29.8 Å². The minimum atomic E-state index is 0.546. The lowest BCUT2D eigenvalue weighted by Crippen LogP contribution is -2.30. The van der Waals surface area contributed by atoms with Crippen molar-refractivity contribution in [3.63, 3.8) is 0 Å². The van der Waals surface area contributed by atoms with E-state index in [0.717, 1.165) is 24.3 Å². The summed E-state index contributed by atoms with van der Waals surface area (Å²) in [7, 11) is 0. The smallest absolute Gasteiger partial charge is 0.123 e. The SMILES string of the molecule is NCc1ccccc1OCCCCN1CCCCC1. The molecule has 2 rings (SSSR count). The maximum absolute atomic E-state index is 5.82. The Morgan fingerprint density at radius 3 is 2.63 bits per heavy atom. The molecule has 1 saturated heterocycles. The lowest BCUT2D eigenvalue weighted by Gasteiger charge is -2.26. The summed E-state index contributed by atoms with van der Waals surface area (Å²) < 4.78 is 5.82. The highest BCUT2D eigenvalue weighted by atomic mass is 16.5. The zero-order chi connectivity index (χ0) is 13.3. The highest BCUT2D eigenvalue weighted by molar-refractivity contribution is 5.32. The number of para-hydroxylation sites is 1. The molecule has 1 aromatic rings. The fourth-order valence-electron chi connectivity index (χ4n) is 2.62. The minimum Gasteiger partial charge on any atom is -0.493 e. The van der Waals surface area contributed by atoms with Gasteiger partial charge in [-0.1, -0.05) is 24.6 Å². The maximum atomic E-state index is 5.82. The molecule has 0 aromatic heterocycles. The Morgan fingerprint density at radius 1 is 1.05 bits per heavy atom. The predicted molar refractivity (Wildman–Crippen MR) is 79.4 cm³/mol. The van der Waals surface area contributed by atoms with Crippen molar-refractivity contribution in [3.8, 4) is 5.75 Å². The van der Waals surface area contributed by atoms with Gasteiger partial charge in [0.2, 0.25) is 0 Å². The highest BCUT2D eigenvalue weighted by Crippen LogP contribution is 2.17. The Balaban J connectivity index is 1.61. The zero-order valence-electron chi connectivity index (χ0n) is 11.8. The Hall–Kier alpha value is -1.06. The van der Waals surface area contributed by atoms with Crippen molar-refractivity contribution in [2.24, 2.45) is 5.73 Å². The Morgan fingerprint density at radius 2 is 1.84 bits per heavy atom. The van der Waals surface area contributed by atoms with E-state index in [2.05, 4.69) is 4.90 Å². The van der Waals surface area contributed by atoms with Crippen LogP contribution in [0.5, 0.6) is 5.75 Å². The molecule has 0 saturated carbocycles. The summed E-state index contributed by atoms with van der Waals surface area (Å²) >= 11 is 0. The first-order valence-electron chi connectivity index (χ1n) is 7.53. The van der Waals surface area contributed by atoms with Crippen molar-refractivity contribution in [1.29, 1.82) is 0 Å². The standard InChI is InChI=1S/C16H26N2O/c17-14-15-8-2-3-9-16(15)19-13-7-6-12-18-10-4-1-5-11-18/h2-3,8-9H,1,4-7,10-14,17H2. The molecule has 3 heteroatoms. The summed E-state index contributed by atoms with van der Waals surface area (Å²) in [4.78, 5) is 2.58. The van der Waals surface area contributed by atoms with Crippen molar-refractivity contribution in [2.75, 3.05) is 26.2 Å². The zero-order valence-corrected chi connectivity index (χ0v) is 11.8. The quantitative estimate of drug-likeness (QED) is 0.768. The van der Waals surface area contributed by atoms with E-state index in [-0.39, 0.29) is 0 Å². The van der Waals surface area contributed by atoms with Crippen LogP contribution in [0.15, 0.2) is 24.3 Å². The lowest BCUT2D eigenvalue weighted by molar-refractivity contribution is 0.215. The number of hydrogen-bond acceptors (Lipinski definition) is 3. The third-order valence-electron chi connectivity index (χ3n) is 3.77. The third kappa shape index (κ3) is 4.84. The van der Waals surface area contributed by atoms with Crippen LogP contribution in [-0.4, -0.2) is 31.1 Å². The molecule has 1 aliphatic rings. The molecule has 19 heavy (non-hydrogen) atoms. The molecule has 1 heterocycles. The molecule has 2 N–H and O–H groups in total. The summed E-state index contributed by atoms with van der Waals surface area (Å²) in [6.45, 7) is 5.14. The monoisotopic (exact) mass is 262 g/mol. The van der Waals surface area contributed by atoms with Crippen LogP contribution in [0, 0.1) is 0 Å². The van der Waals surface area contributed by atoms with Crippen LogP contribution in [0.1, 0.15) is 37.7 Å². The van der Waals surface area contributed by atoms with E-state index < -0.39 is 0 Å². The average molecular weight is 262 g/mol. The Bertz CT molecular complexity index is 362. The van der Waals surface area contributed by atoms with Gasteiger partial charge in [-0.25, -0.2) is 0 Å². The van der Waals surface area contributed by atoms with E-state index in [1.807, 2.05) is 24.3 Å². The fourth-order valence-corrected chi connectivity index (χ4v) is 2.62. The second-order valence-electron chi connectivity index (χ2n) is 5.27. The number of rotatable bonds is 7. The molecule has 106 valence electrons. The van der Waals surface area contributed by atoms with Crippen LogP contribution in [0.3, 0.4) is 0 Å². The van der Waals surface area contributed by atoms with E-state index in [4.69, 9.17) is 10.5 Å². The number of benzene rings is 1. The fraction of sp³-hybridized carbons (Fsp3) is 0.625. The Labute approximate surface area is 116 Å². The first-order valence-corrected chi connectivity index (χ1v) is 7.53. The molecule has 1 aliphatic heterocycles. The molecule has 0 atom stereocenters. The van der Waals surface area contributed by atoms with E-state index in [1.165, 1.54) is 45.3 Å². The van der Waals surface area contributed by atoms with Crippen LogP contribution in [0.4, 0.5) is 0 Å². The van der Waals surface area contributed by atoms with Gasteiger partial charge in [-0.3, -0.25) is 0 Å². The normalized spacial score (nSPS) is 16.5. The number of nitrogens with two attached hydrogens (primary N) is 1. The van der Waals surface area contributed by atoms with Crippen LogP contribution in [0.25, 0.3) is 0 Å².